The molecule has 3 nitrogen and oxygen atoms in total. The zero-order valence-electron chi connectivity index (χ0n) is 10.7. The van der Waals surface area contributed by atoms with Gasteiger partial charge in [-0.15, -0.1) is 0 Å². The summed E-state index contributed by atoms with van der Waals surface area (Å²) in [4.78, 5) is 11.0. The third-order valence-electron chi connectivity index (χ3n) is 3.24. The summed E-state index contributed by atoms with van der Waals surface area (Å²) in [5.74, 6) is 0.188. The minimum Gasteiger partial charge on any atom is -0.354 e. The van der Waals surface area contributed by atoms with Crippen molar-refractivity contribution in [2.24, 2.45) is 0 Å². The summed E-state index contributed by atoms with van der Waals surface area (Å²) in [6.45, 7) is 5.27. The van der Waals surface area contributed by atoms with Gasteiger partial charge in [0.05, 0.1) is 0 Å². The van der Waals surface area contributed by atoms with Crippen LogP contribution in [0.15, 0.2) is 0 Å². The van der Waals surface area contributed by atoms with Gasteiger partial charge in [-0.3, -0.25) is 4.79 Å². The van der Waals surface area contributed by atoms with E-state index in [-0.39, 0.29) is 5.91 Å². The van der Waals surface area contributed by atoms with Gasteiger partial charge in [-0.25, -0.2) is 0 Å². The van der Waals surface area contributed by atoms with Crippen molar-refractivity contribution in [1.29, 1.82) is 0 Å². The highest BCUT2D eigenvalue weighted by Gasteiger charge is 2.21. The van der Waals surface area contributed by atoms with Crippen LogP contribution in [0.3, 0.4) is 0 Å². The highest BCUT2D eigenvalue weighted by atomic mass is 16.1. The van der Waals surface area contributed by atoms with E-state index in [0.29, 0.717) is 18.5 Å². The lowest BCUT2D eigenvalue weighted by Crippen LogP contribution is -2.37. The second-order valence-electron chi connectivity index (χ2n) is 4.98. The molecule has 1 aliphatic rings. The van der Waals surface area contributed by atoms with E-state index in [9.17, 15) is 4.79 Å². The van der Waals surface area contributed by atoms with Gasteiger partial charge in [0.1, 0.15) is 0 Å². The average molecular weight is 226 g/mol. The van der Waals surface area contributed by atoms with Crippen LogP contribution in [0.4, 0.5) is 0 Å². The van der Waals surface area contributed by atoms with Crippen LogP contribution in [-0.2, 0) is 4.79 Å². The minimum atomic E-state index is 0.188. The lowest BCUT2D eigenvalue weighted by atomic mass is 10.1. The molecular formula is C13H26N2O. The fraction of sp³-hybridized carbons (Fsp3) is 0.923. The standard InChI is InChI=1S/C13H26N2O/c1-3-4-5-6-7-8-11(2)15-12-9-13(16)14-10-12/h11-12,15H,3-10H2,1-2H3,(H,14,16). The number of hydrogen-bond donors (Lipinski definition) is 2. The first-order chi connectivity index (χ1) is 7.72. The van der Waals surface area contributed by atoms with Crippen LogP contribution < -0.4 is 10.6 Å². The zero-order valence-corrected chi connectivity index (χ0v) is 10.7. The molecule has 2 atom stereocenters. The molecule has 2 N–H and O–H groups in total. The number of amides is 1. The summed E-state index contributed by atoms with van der Waals surface area (Å²) in [6.07, 6.45) is 8.58. The first-order valence-electron chi connectivity index (χ1n) is 6.75. The quantitative estimate of drug-likeness (QED) is 0.623. The van der Waals surface area contributed by atoms with E-state index in [1.807, 2.05) is 0 Å². The van der Waals surface area contributed by atoms with Gasteiger partial charge in [-0.1, -0.05) is 39.0 Å². The Hall–Kier alpha value is -0.570. The van der Waals surface area contributed by atoms with Gasteiger partial charge in [0.2, 0.25) is 5.91 Å². The Morgan fingerprint density at radius 1 is 1.38 bits per heavy atom. The van der Waals surface area contributed by atoms with Crippen LogP contribution in [0.1, 0.15) is 58.8 Å². The number of carbonyl (C=O) groups is 1. The highest BCUT2D eigenvalue weighted by molar-refractivity contribution is 5.78. The summed E-state index contributed by atoms with van der Waals surface area (Å²) in [7, 11) is 0. The van der Waals surface area contributed by atoms with Crippen molar-refractivity contribution in [1.82, 2.24) is 10.6 Å². The van der Waals surface area contributed by atoms with E-state index in [1.54, 1.807) is 0 Å². The molecule has 0 spiro atoms. The normalized spacial score (nSPS) is 22.1. The molecule has 0 aromatic heterocycles. The van der Waals surface area contributed by atoms with Crippen LogP contribution in [0.25, 0.3) is 0 Å². The van der Waals surface area contributed by atoms with Crippen LogP contribution in [0, 0.1) is 0 Å². The number of nitrogens with one attached hydrogen (secondary N) is 2. The van der Waals surface area contributed by atoms with E-state index >= 15 is 0 Å². The summed E-state index contributed by atoms with van der Waals surface area (Å²) in [6, 6.07) is 0.900. The molecule has 0 aromatic carbocycles. The number of carbonyl (C=O) groups excluding carboxylic acids is 1. The molecule has 0 aromatic rings. The maximum atomic E-state index is 11.0. The molecule has 0 radical (unpaired) electrons. The lowest BCUT2D eigenvalue weighted by molar-refractivity contribution is -0.119. The smallest absolute Gasteiger partial charge is 0.221 e. The van der Waals surface area contributed by atoms with Gasteiger partial charge in [-0.2, -0.15) is 0 Å². The van der Waals surface area contributed by atoms with Crippen LogP contribution in [-0.4, -0.2) is 24.5 Å². The minimum absolute atomic E-state index is 0.188. The molecule has 0 saturated carbocycles. The molecule has 0 bridgehead atoms. The molecule has 1 aliphatic heterocycles. The summed E-state index contributed by atoms with van der Waals surface area (Å²) >= 11 is 0. The van der Waals surface area contributed by atoms with Gasteiger partial charge in [0, 0.05) is 25.0 Å². The molecule has 1 rings (SSSR count). The third kappa shape index (κ3) is 5.50. The fourth-order valence-corrected chi connectivity index (χ4v) is 2.26. The Balaban J connectivity index is 1.98. The Bertz CT molecular complexity index is 206. The van der Waals surface area contributed by atoms with E-state index in [0.717, 1.165) is 6.54 Å². The van der Waals surface area contributed by atoms with Crippen molar-refractivity contribution in [2.75, 3.05) is 6.54 Å². The van der Waals surface area contributed by atoms with Gasteiger partial charge in [-0.05, 0) is 13.3 Å². The van der Waals surface area contributed by atoms with Gasteiger partial charge in [0.15, 0.2) is 0 Å². The predicted molar refractivity (Wildman–Crippen MR) is 67.4 cm³/mol. The SMILES string of the molecule is CCCCCCCC(C)NC1CNC(=O)C1. The number of hydrogen-bond acceptors (Lipinski definition) is 2. The molecule has 3 heteroatoms. The maximum absolute atomic E-state index is 11.0. The van der Waals surface area contributed by atoms with Crippen molar-refractivity contribution in [3.63, 3.8) is 0 Å². The molecular weight excluding hydrogens is 200 g/mol. The van der Waals surface area contributed by atoms with E-state index in [2.05, 4.69) is 24.5 Å². The van der Waals surface area contributed by atoms with E-state index in [4.69, 9.17) is 0 Å². The second-order valence-corrected chi connectivity index (χ2v) is 4.98. The molecule has 1 heterocycles. The topological polar surface area (TPSA) is 41.1 Å². The third-order valence-corrected chi connectivity index (χ3v) is 3.24. The summed E-state index contributed by atoms with van der Waals surface area (Å²) < 4.78 is 0. The average Bonchev–Trinajstić information content (AvgIpc) is 2.63. The van der Waals surface area contributed by atoms with Gasteiger partial charge < -0.3 is 10.6 Å². The van der Waals surface area contributed by atoms with Gasteiger partial charge >= 0.3 is 0 Å². The Labute approximate surface area is 99.4 Å². The molecule has 16 heavy (non-hydrogen) atoms. The highest BCUT2D eigenvalue weighted by Crippen LogP contribution is 2.09. The summed E-state index contributed by atoms with van der Waals surface area (Å²) in [5, 5.41) is 6.37. The van der Waals surface area contributed by atoms with Crippen molar-refractivity contribution in [2.45, 2.75) is 70.9 Å². The van der Waals surface area contributed by atoms with Crippen LogP contribution in [0.5, 0.6) is 0 Å². The van der Waals surface area contributed by atoms with E-state index in [1.165, 1.54) is 38.5 Å². The van der Waals surface area contributed by atoms with Crippen molar-refractivity contribution < 1.29 is 4.79 Å². The van der Waals surface area contributed by atoms with Crippen molar-refractivity contribution in [3.8, 4) is 0 Å². The maximum Gasteiger partial charge on any atom is 0.221 e. The fourth-order valence-electron chi connectivity index (χ4n) is 2.26. The Kier molecular flexibility index (Phi) is 6.46. The zero-order chi connectivity index (χ0) is 11.8. The number of rotatable bonds is 8. The first kappa shape index (κ1) is 13.5. The summed E-state index contributed by atoms with van der Waals surface area (Å²) in [5.41, 5.74) is 0. The molecule has 1 amide bonds. The molecule has 1 fully saturated rings. The first-order valence-corrected chi connectivity index (χ1v) is 6.75. The molecule has 2 unspecified atom stereocenters. The van der Waals surface area contributed by atoms with Gasteiger partial charge in [0.25, 0.3) is 0 Å². The lowest BCUT2D eigenvalue weighted by Gasteiger charge is -2.17. The van der Waals surface area contributed by atoms with E-state index < -0.39 is 0 Å². The molecule has 1 saturated heterocycles. The molecule has 0 aliphatic carbocycles. The Morgan fingerprint density at radius 2 is 2.12 bits per heavy atom. The predicted octanol–water partition coefficient (Wildman–Crippen LogP) is 2.21. The molecule has 94 valence electrons. The number of unbranched alkanes of at least 4 members (excludes halogenated alkanes) is 4. The van der Waals surface area contributed by atoms with Crippen LogP contribution in [0.2, 0.25) is 0 Å². The van der Waals surface area contributed by atoms with Crippen LogP contribution >= 0.6 is 0 Å². The second kappa shape index (κ2) is 7.66. The monoisotopic (exact) mass is 226 g/mol. The Morgan fingerprint density at radius 3 is 2.75 bits per heavy atom. The van der Waals surface area contributed by atoms with Crippen molar-refractivity contribution in [3.05, 3.63) is 0 Å². The largest absolute Gasteiger partial charge is 0.354 e. The van der Waals surface area contributed by atoms with Crippen molar-refractivity contribution >= 4 is 5.91 Å².